The monoisotopic (exact) mass is 273 g/mol. The van der Waals surface area contributed by atoms with Gasteiger partial charge in [-0.3, -0.25) is 0 Å². The standard InChI is InChI=1S/C15H19N3O2/c16-9-11-4-5-14-12(8-11)2-1-3-13(14)10-17-6-7-18-15(19)20/h4-5,8,13,17-18H,1-3,6-7,10H2,(H,19,20). The predicted octanol–water partition coefficient (Wildman–Crippen LogP) is 1.84. The second kappa shape index (κ2) is 6.92. The van der Waals surface area contributed by atoms with Gasteiger partial charge in [0, 0.05) is 19.6 Å². The van der Waals surface area contributed by atoms with Crippen molar-refractivity contribution in [3.8, 4) is 6.07 Å². The average molecular weight is 273 g/mol. The fraction of sp³-hybridized carbons (Fsp3) is 0.467. The van der Waals surface area contributed by atoms with Gasteiger partial charge in [-0.1, -0.05) is 6.07 Å². The first-order chi connectivity index (χ1) is 9.70. The molecule has 0 saturated heterocycles. The Morgan fingerprint density at radius 2 is 2.30 bits per heavy atom. The number of nitrogens with one attached hydrogen (secondary N) is 2. The number of rotatable bonds is 5. The number of carbonyl (C=O) groups is 1. The number of benzene rings is 1. The van der Waals surface area contributed by atoms with Crippen LogP contribution < -0.4 is 10.6 Å². The van der Waals surface area contributed by atoms with Crippen molar-refractivity contribution in [2.75, 3.05) is 19.6 Å². The first kappa shape index (κ1) is 14.4. The largest absolute Gasteiger partial charge is 0.465 e. The number of aryl methyl sites for hydroxylation is 1. The molecule has 5 heteroatoms. The summed E-state index contributed by atoms with van der Waals surface area (Å²) in [6.45, 7) is 1.90. The van der Waals surface area contributed by atoms with E-state index in [0.29, 0.717) is 19.0 Å². The normalized spacial score (nSPS) is 17.1. The number of hydrogen-bond donors (Lipinski definition) is 3. The number of fused-ring (bicyclic) bond motifs is 1. The van der Waals surface area contributed by atoms with Gasteiger partial charge in [-0.2, -0.15) is 5.26 Å². The Balaban J connectivity index is 1.89. The van der Waals surface area contributed by atoms with Gasteiger partial charge in [0.25, 0.3) is 0 Å². The summed E-state index contributed by atoms with van der Waals surface area (Å²) in [5.74, 6) is 0.455. The molecular formula is C15H19N3O2. The molecule has 0 spiro atoms. The second-order valence-electron chi connectivity index (χ2n) is 5.05. The van der Waals surface area contributed by atoms with Crippen LogP contribution in [-0.2, 0) is 6.42 Å². The summed E-state index contributed by atoms with van der Waals surface area (Å²) >= 11 is 0. The third-order valence-corrected chi connectivity index (χ3v) is 3.68. The minimum atomic E-state index is -0.987. The van der Waals surface area contributed by atoms with E-state index in [2.05, 4.69) is 22.8 Å². The van der Waals surface area contributed by atoms with E-state index in [1.165, 1.54) is 11.1 Å². The zero-order valence-corrected chi connectivity index (χ0v) is 11.4. The lowest BCUT2D eigenvalue weighted by Gasteiger charge is -2.26. The Morgan fingerprint density at radius 3 is 3.05 bits per heavy atom. The van der Waals surface area contributed by atoms with Crippen LogP contribution in [0.25, 0.3) is 0 Å². The number of carboxylic acid groups (broad SMARTS) is 1. The van der Waals surface area contributed by atoms with E-state index in [-0.39, 0.29) is 0 Å². The molecule has 0 heterocycles. The van der Waals surface area contributed by atoms with Crippen molar-refractivity contribution in [1.82, 2.24) is 10.6 Å². The van der Waals surface area contributed by atoms with Gasteiger partial charge in [0.05, 0.1) is 11.6 Å². The van der Waals surface area contributed by atoms with E-state index in [0.717, 1.165) is 31.4 Å². The van der Waals surface area contributed by atoms with Gasteiger partial charge in [-0.25, -0.2) is 4.79 Å². The molecule has 1 aromatic carbocycles. The second-order valence-corrected chi connectivity index (χ2v) is 5.05. The molecule has 0 bridgehead atoms. The maximum atomic E-state index is 10.3. The van der Waals surface area contributed by atoms with E-state index in [4.69, 9.17) is 10.4 Å². The summed E-state index contributed by atoms with van der Waals surface area (Å²) in [5.41, 5.74) is 3.34. The average Bonchev–Trinajstić information content (AvgIpc) is 2.46. The zero-order valence-electron chi connectivity index (χ0n) is 11.4. The summed E-state index contributed by atoms with van der Waals surface area (Å²) < 4.78 is 0. The first-order valence-corrected chi connectivity index (χ1v) is 6.91. The minimum absolute atomic E-state index is 0.419. The summed E-state index contributed by atoms with van der Waals surface area (Å²) in [5, 5.41) is 23.0. The van der Waals surface area contributed by atoms with Crippen LogP contribution in [0.2, 0.25) is 0 Å². The maximum Gasteiger partial charge on any atom is 0.404 e. The van der Waals surface area contributed by atoms with Crippen LogP contribution in [0.1, 0.15) is 35.4 Å². The first-order valence-electron chi connectivity index (χ1n) is 6.91. The molecule has 0 aliphatic heterocycles. The Labute approximate surface area is 118 Å². The van der Waals surface area contributed by atoms with Gasteiger partial charge in [0.2, 0.25) is 0 Å². The van der Waals surface area contributed by atoms with Crippen LogP contribution in [0.15, 0.2) is 18.2 Å². The fourth-order valence-electron chi connectivity index (χ4n) is 2.73. The van der Waals surface area contributed by atoms with Crippen molar-refractivity contribution in [1.29, 1.82) is 5.26 Å². The van der Waals surface area contributed by atoms with E-state index in [1.54, 1.807) is 0 Å². The maximum absolute atomic E-state index is 10.3. The highest BCUT2D eigenvalue weighted by molar-refractivity contribution is 5.64. The van der Waals surface area contributed by atoms with Gasteiger partial charge < -0.3 is 15.7 Å². The molecule has 0 fully saturated rings. The zero-order chi connectivity index (χ0) is 14.4. The Morgan fingerprint density at radius 1 is 1.45 bits per heavy atom. The molecule has 0 aromatic heterocycles. The summed E-state index contributed by atoms with van der Waals surface area (Å²) in [7, 11) is 0. The molecular weight excluding hydrogens is 254 g/mol. The van der Waals surface area contributed by atoms with E-state index >= 15 is 0 Å². The molecule has 0 saturated carbocycles. The predicted molar refractivity (Wildman–Crippen MR) is 75.7 cm³/mol. The molecule has 1 aliphatic carbocycles. The number of hydrogen-bond acceptors (Lipinski definition) is 3. The van der Waals surface area contributed by atoms with Gasteiger partial charge in [0.1, 0.15) is 0 Å². The quantitative estimate of drug-likeness (QED) is 0.715. The van der Waals surface area contributed by atoms with Crippen molar-refractivity contribution in [3.63, 3.8) is 0 Å². The molecule has 0 radical (unpaired) electrons. The third kappa shape index (κ3) is 3.72. The summed E-state index contributed by atoms with van der Waals surface area (Å²) in [6, 6.07) is 8.12. The molecule has 1 atom stereocenters. The number of nitriles is 1. The highest BCUT2D eigenvalue weighted by atomic mass is 16.4. The van der Waals surface area contributed by atoms with Crippen LogP contribution >= 0.6 is 0 Å². The van der Waals surface area contributed by atoms with Gasteiger partial charge in [0.15, 0.2) is 0 Å². The van der Waals surface area contributed by atoms with Crippen LogP contribution in [0.3, 0.4) is 0 Å². The highest BCUT2D eigenvalue weighted by Gasteiger charge is 2.19. The lowest BCUT2D eigenvalue weighted by molar-refractivity contribution is 0.194. The van der Waals surface area contributed by atoms with Crippen molar-refractivity contribution in [3.05, 3.63) is 34.9 Å². The number of amides is 1. The van der Waals surface area contributed by atoms with Crippen molar-refractivity contribution < 1.29 is 9.90 Å². The summed E-state index contributed by atoms with van der Waals surface area (Å²) in [4.78, 5) is 10.3. The third-order valence-electron chi connectivity index (χ3n) is 3.68. The van der Waals surface area contributed by atoms with Crippen LogP contribution in [0.4, 0.5) is 4.79 Å². The SMILES string of the molecule is N#Cc1ccc2c(c1)CCCC2CNCCNC(=O)O. The molecule has 1 aliphatic rings. The van der Waals surface area contributed by atoms with Gasteiger partial charge in [-0.15, -0.1) is 0 Å². The number of nitrogens with zero attached hydrogens (tertiary/aromatic N) is 1. The van der Waals surface area contributed by atoms with Crippen LogP contribution in [0.5, 0.6) is 0 Å². The summed E-state index contributed by atoms with van der Waals surface area (Å²) in [6.07, 6.45) is 2.33. The molecule has 106 valence electrons. The molecule has 2 rings (SSSR count). The Kier molecular flexibility index (Phi) is 4.97. The topological polar surface area (TPSA) is 85.2 Å². The van der Waals surface area contributed by atoms with E-state index < -0.39 is 6.09 Å². The molecule has 3 N–H and O–H groups in total. The van der Waals surface area contributed by atoms with Gasteiger partial charge in [-0.05, 0) is 48.4 Å². The van der Waals surface area contributed by atoms with E-state index in [9.17, 15) is 4.79 Å². The molecule has 1 aromatic rings. The smallest absolute Gasteiger partial charge is 0.404 e. The van der Waals surface area contributed by atoms with Gasteiger partial charge >= 0.3 is 6.09 Å². The fourth-order valence-corrected chi connectivity index (χ4v) is 2.73. The van der Waals surface area contributed by atoms with Crippen molar-refractivity contribution in [2.45, 2.75) is 25.2 Å². The molecule has 20 heavy (non-hydrogen) atoms. The Bertz CT molecular complexity index is 522. The van der Waals surface area contributed by atoms with Crippen molar-refractivity contribution >= 4 is 6.09 Å². The molecule has 1 amide bonds. The highest BCUT2D eigenvalue weighted by Crippen LogP contribution is 2.31. The molecule has 5 nitrogen and oxygen atoms in total. The Hall–Kier alpha value is -2.06. The minimum Gasteiger partial charge on any atom is -0.465 e. The molecule has 1 unspecified atom stereocenters. The van der Waals surface area contributed by atoms with Crippen molar-refractivity contribution in [2.24, 2.45) is 0 Å². The van der Waals surface area contributed by atoms with Crippen LogP contribution in [0, 0.1) is 11.3 Å². The lowest BCUT2D eigenvalue weighted by atomic mass is 9.82. The lowest BCUT2D eigenvalue weighted by Crippen LogP contribution is -2.33. The van der Waals surface area contributed by atoms with Crippen LogP contribution in [-0.4, -0.2) is 30.8 Å². The van der Waals surface area contributed by atoms with E-state index in [1.807, 2.05) is 12.1 Å².